The summed E-state index contributed by atoms with van der Waals surface area (Å²) in [7, 11) is 3.00. The van der Waals surface area contributed by atoms with Crippen LogP contribution in [0.5, 0.6) is 17.2 Å². The van der Waals surface area contributed by atoms with Crippen molar-refractivity contribution in [3.63, 3.8) is 0 Å². The Morgan fingerprint density at radius 3 is 2.52 bits per heavy atom. The predicted molar refractivity (Wildman–Crippen MR) is 92.5 cm³/mol. The molecule has 2 aromatic carbocycles. The summed E-state index contributed by atoms with van der Waals surface area (Å²) in [4.78, 5) is 22.9. The number of methoxy groups -OCH3 is 2. The van der Waals surface area contributed by atoms with Crippen LogP contribution in [0, 0.1) is 0 Å². The zero-order chi connectivity index (χ0) is 18.2. The van der Waals surface area contributed by atoms with Crippen LogP contribution in [0.25, 0.3) is 6.08 Å². The van der Waals surface area contributed by atoms with Gasteiger partial charge in [0.2, 0.25) is 0 Å². The zero-order valence-corrected chi connectivity index (χ0v) is 13.9. The summed E-state index contributed by atoms with van der Waals surface area (Å²) in [5, 5.41) is 8.66. The number of carbonyl (C=O) groups excluding carboxylic acids is 1. The van der Waals surface area contributed by atoms with Gasteiger partial charge in [-0.2, -0.15) is 0 Å². The highest BCUT2D eigenvalue weighted by molar-refractivity contribution is 6.07. The Morgan fingerprint density at radius 1 is 1.04 bits per heavy atom. The van der Waals surface area contributed by atoms with Crippen LogP contribution in [0.2, 0.25) is 0 Å². The fourth-order valence-corrected chi connectivity index (χ4v) is 2.09. The number of ether oxygens (including phenoxy) is 3. The number of ketones is 1. The highest BCUT2D eigenvalue weighted by Gasteiger charge is 2.10. The quantitative estimate of drug-likeness (QED) is 0.586. The molecule has 0 spiro atoms. The van der Waals surface area contributed by atoms with Gasteiger partial charge in [0.15, 0.2) is 23.9 Å². The van der Waals surface area contributed by atoms with E-state index in [2.05, 4.69) is 0 Å². The Labute approximate surface area is 145 Å². The van der Waals surface area contributed by atoms with Crippen LogP contribution in [0.15, 0.2) is 48.5 Å². The number of rotatable bonds is 8. The summed E-state index contributed by atoms with van der Waals surface area (Å²) < 4.78 is 15.4. The van der Waals surface area contributed by atoms with E-state index in [0.29, 0.717) is 17.1 Å². The first-order valence-electron chi connectivity index (χ1n) is 7.42. The highest BCUT2D eigenvalue weighted by Crippen LogP contribution is 2.28. The minimum Gasteiger partial charge on any atom is -0.497 e. The van der Waals surface area contributed by atoms with Gasteiger partial charge in [-0.05, 0) is 42.0 Å². The summed E-state index contributed by atoms with van der Waals surface area (Å²) in [5.41, 5.74) is 1.24. The van der Waals surface area contributed by atoms with Crippen LogP contribution in [-0.2, 0) is 4.79 Å². The monoisotopic (exact) mass is 342 g/mol. The molecule has 130 valence electrons. The van der Waals surface area contributed by atoms with Crippen molar-refractivity contribution in [3.8, 4) is 17.2 Å². The number of aliphatic carboxylic acids is 1. The number of benzene rings is 2. The van der Waals surface area contributed by atoms with Crippen molar-refractivity contribution in [1.29, 1.82) is 0 Å². The maximum atomic E-state index is 12.3. The third-order valence-electron chi connectivity index (χ3n) is 3.32. The Kier molecular flexibility index (Phi) is 6.17. The lowest BCUT2D eigenvalue weighted by molar-refractivity contribution is -0.139. The maximum absolute atomic E-state index is 12.3. The first-order chi connectivity index (χ1) is 12.0. The number of allylic oxidation sites excluding steroid dienone is 1. The minimum absolute atomic E-state index is 0.217. The Balaban J connectivity index is 2.15. The molecule has 0 bridgehead atoms. The third-order valence-corrected chi connectivity index (χ3v) is 3.32. The number of hydrogen-bond donors (Lipinski definition) is 1. The second kappa shape index (κ2) is 8.54. The largest absolute Gasteiger partial charge is 0.497 e. The number of carbonyl (C=O) groups is 2. The summed E-state index contributed by atoms with van der Waals surface area (Å²) in [5.74, 6) is -0.0503. The van der Waals surface area contributed by atoms with E-state index < -0.39 is 12.6 Å². The van der Waals surface area contributed by atoms with Crippen molar-refractivity contribution in [3.05, 3.63) is 59.7 Å². The van der Waals surface area contributed by atoms with E-state index in [-0.39, 0.29) is 11.5 Å². The van der Waals surface area contributed by atoms with Crippen molar-refractivity contribution in [2.75, 3.05) is 20.8 Å². The summed E-state index contributed by atoms with van der Waals surface area (Å²) >= 11 is 0. The van der Waals surface area contributed by atoms with Gasteiger partial charge in [-0.25, -0.2) is 4.79 Å². The molecule has 0 saturated heterocycles. The van der Waals surface area contributed by atoms with Gasteiger partial charge in [-0.15, -0.1) is 0 Å². The molecule has 0 heterocycles. The lowest BCUT2D eigenvalue weighted by atomic mass is 10.1. The lowest BCUT2D eigenvalue weighted by Gasteiger charge is -2.10. The third kappa shape index (κ3) is 5.10. The van der Waals surface area contributed by atoms with Gasteiger partial charge in [0.1, 0.15) is 5.75 Å². The Bertz CT molecular complexity index is 794. The topological polar surface area (TPSA) is 82.1 Å². The van der Waals surface area contributed by atoms with Gasteiger partial charge >= 0.3 is 5.97 Å². The lowest BCUT2D eigenvalue weighted by Crippen LogP contribution is -2.10. The van der Waals surface area contributed by atoms with Crippen molar-refractivity contribution in [1.82, 2.24) is 0 Å². The molecule has 0 atom stereocenters. The molecule has 0 aliphatic carbocycles. The molecule has 0 saturated carbocycles. The molecule has 0 aromatic heterocycles. The first-order valence-corrected chi connectivity index (χ1v) is 7.42. The van der Waals surface area contributed by atoms with E-state index in [9.17, 15) is 9.59 Å². The molecule has 0 fully saturated rings. The van der Waals surface area contributed by atoms with Crippen molar-refractivity contribution < 1.29 is 28.9 Å². The predicted octanol–water partition coefficient (Wildman–Crippen LogP) is 3.06. The molecule has 1 N–H and O–H groups in total. The van der Waals surface area contributed by atoms with E-state index in [1.807, 2.05) is 24.3 Å². The van der Waals surface area contributed by atoms with Gasteiger partial charge in [-0.3, -0.25) is 4.79 Å². The van der Waals surface area contributed by atoms with Crippen molar-refractivity contribution in [2.24, 2.45) is 0 Å². The molecule has 0 unspecified atom stereocenters. The SMILES string of the molecule is COc1cccc(C=CC(=O)c2ccc(OCC(=O)O)c(OC)c2)c1. The van der Waals surface area contributed by atoms with E-state index in [0.717, 1.165) is 5.56 Å². The van der Waals surface area contributed by atoms with Crippen LogP contribution >= 0.6 is 0 Å². The molecular formula is C19H18O6. The smallest absolute Gasteiger partial charge is 0.341 e. The molecule has 6 nitrogen and oxygen atoms in total. The van der Waals surface area contributed by atoms with E-state index >= 15 is 0 Å². The molecule has 25 heavy (non-hydrogen) atoms. The molecule has 0 aliphatic heterocycles. The normalized spacial score (nSPS) is 10.5. The molecule has 0 aliphatic rings. The van der Waals surface area contributed by atoms with Crippen LogP contribution in [-0.4, -0.2) is 37.7 Å². The van der Waals surface area contributed by atoms with E-state index in [4.69, 9.17) is 19.3 Å². The van der Waals surface area contributed by atoms with Gasteiger partial charge < -0.3 is 19.3 Å². The zero-order valence-electron chi connectivity index (χ0n) is 13.9. The second-order valence-electron chi connectivity index (χ2n) is 5.02. The molecule has 0 amide bonds. The maximum Gasteiger partial charge on any atom is 0.341 e. The highest BCUT2D eigenvalue weighted by atomic mass is 16.5. The Hall–Kier alpha value is -3.28. The average Bonchev–Trinajstić information content (AvgIpc) is 2.64. The average molecular weight is 342 g/mol. The van der Waals surface area contributed by atoms with E-state index in [1.54, 1.807) is 19.3 Å². The molecule has 2 rings (SSSR count). The van der Waals surface area contributed by atoms with Crippen LogP contribution in [0.1, 0.15) is 15.9 Å². The first kappa shape index (κ1) is 18.1. The van der Waals surface area contributed by atoms with Crippen molar-refractivity contribution >= 4 is 17.8 Å². The fourth-order valence-electron chi connectivity index (χ4n) is 2.09. The second-order valence-corrected chi connectivity index (χ2v) is 5.02. The van der Waals surface area contributed by atoms with Crippen molar-refractivity contribution in [2.45, 2.75) is 0 Å². The molecular weight excluding hydrogens is 324 g/mol. The molecule has 6 heteroatoms. The minimum atomic E-state index is -1.09. The summed E-state index contributed by atoms with van der Waals surface area (Å²) in [6.45, 7) is -0.487. The van der Waals surface area contributed by atoms with Crippen LogP contribution in [0.4, 0.5) is 0 Å². The number of carboxylic acids is 1. The summed E-state index contributed by atoms with van der Waals surface area (Å²) in [6.07, 6.45) is 3.13. The van der Waals surface area contributed by atoms with Gasteiger partial charge in [0, 0.05) is 5.56 Å². The number of carboxylic acid groups (broad SMARTS) is 1. The van der Waals surface area contributed by atoms with E-state index in [1.165, 1.54) is 25.3 Å². The number of hydrogen-bond acceptors (Lipinski definition) is 5. The standard InChI is InChI=1S/C19H18O6/c1-23-15-5-3-4-13(10-15)6-8-16(20)14-7-9-17(18(11-14)24-2)25-12-19(21)22/h3-11H,12H2,1-2H3,(H,21,22). The fraction of sp³-hybridized carbons (Fsp3) is 0.158. The van der Waals surface area contributed by atoms with Gasteiger partial charge in [0.05, 0.1) is 14.2 Å². The van der Waals surface area contributed by atoms with Crippen LogP contribution in [0.3, 0.4) is 0 Å². The summed E-state index contributed by atoms with van der Waals surface area (Å²) in [6, 6.07) is 11.9. The molecule has 0 radical (unpaired) electrons. The van der Waals surface area contributed by atoms with Gasteiger partial charge in [-0.1, -0.05) is 18.2 Å². The Morgan fingerprint density at radius 2 is 1.84 bits per heavy atom. The van der Waals surface area contributed by atoms with Gasteiger partial charge in [0.25, 0.3) is 0 Å². The molecule has 2 aromatic rings. The van der Waals surface area contributed by atoms with Crippen LogP contribution < -0.4 is 14.2 Å².